The number of hydrogen-bond donors (Lipinski definition) is 1. The first-order chi connectivity index (χ1) is 8.27. The van der Waals surface area contributed by atoms with E-state index in [9.17, 15) is 9.90 Å². The van der Waals surface area contributed by atoms with Crippen molar-refractivity contribution >= 4 is 29.0 Å². The van der Waals surface area contributed by atoms with Crippen LogP contribution >= 0.6 is 23.2 Å². The van der Waals surface area contributed by atoms with E-state index in [0.29, 0.717) is 18.8 Å². The molecular formula is C13H19Cl2NO2. The molecule has 5 heteroatoms. The number of Topliss-reactive ketones (excluding diaryl/α,β-unsaturated/α-hetero) is 1. The maximum absolute atomic E-state index is 12.2. The molecule has 0 heterocycles. The van der Waals surface area contributed by atoms with Crippen molar-refractivity contribution < 1.29 is 9.90 Å². The Balaban J connectivity index is 3.35. The largest absolute Gasteiger partial charge is 0.382 e. The van der Waals surface area contributed by atoms with E-state index in [4.69, 9.17) is 23.2 Å². The van der Waals surface area contributed by atoms with Crippen LogP contribution in [0.1, 0.15) is 27.2 Å². The van der Waals surface area contributed by atoms with Crippen molar-refractivity contribution in [1.82, 2.24) is 4.90 Å². The fourth-order valence-electron chi connectivity index (χ4n) is 2.38. The molecule has 0 spiro atoms. The number of rotatable bonds is 5. The minimum atomic E-state index is -1.50. The molecule has 0 bridgehead atoms. The molecule has 0 radical (unpaired) electrons. The molecule has 0 fully saturated rings. The fourth-order valence-corrected chi connectivity index (χ4v) is 3.19. The Bertz CT molecular complexity index is 400. The van der Waals surface area contributed by atoms with Gasteiger partial charge in [0.2, 0.25) is 5.78 Å². The van der Waals surface area contributed by atoms with Crippen LogP contribution in [0.5, 0.6) is 0 Å². The Morgan fingerprint density at radius 3 is 2.33 bits per heavy atom. The number of hydrogen-bond acceptors (Lipinski definition) is 3. The van der Waals surface area contributed by atoms with Crippen molar-refractivity contribution in [2.24, 2.45) is 0 Å². The van der Waals surface area contributed by atoms with Crippen LogP contribution in [0.3, 0.4) is 0 Å². The predicted octanol–water partition coefficient (Wildman–Crippen LogP) is 2.67. The number of carbonyl (C=O) groups is 1. The van der Waals surface area contributed by atoms with Crippen LogP contribution in [-0.4, -0.2) is 39.4 Å². The summed E-state index contributed by atoms with van der Waals surface area (Å²) in [6.45, 7) is 10.3. The molecule has 0 amide bonds. The van der Waals surface area contributed by atoms with Gasteiger partial charge in [-0.05, 0) is 27.2 Å². The maximum Gasteiger partial charge on any atom is 0.200 e. The SMILES string of the molecule is C=CC[C@]1(Cl)C(=O)C(Cl)=C(N(CC)CC)[C@]1(C)O. The Kier molecular flexibility index (Phi) is 4.52. The Morgan fingerprint density at radius 2 is 1.94 bits per heavy atom. The second kappa shape index (κ2) is 5.24. The predicted molar refractivity (Wildman–Crippen MR) is 74.8 cm³/mol. The van der Waals surface area contributed by atoms with Gasteiger partial charge in [-0.1, -0.05) is 17.7 Å². The van der Waals surface area contributed by atoms with E-state index in [-0.39, 0.29) is 11.5 Å². The van der Waals surface area contributed by atoms with Crippen LogP contribution in [0.25, 0.3) is 0 Å². The smallest absolute Gasteiger partial charge is 0.200 e. The Labute approximate surface area is 118 Å². The molecular weight excluding hydrogens is 273 g/mol. The summed E-state index contributed by atoms with van der Waals surface area (Å²) in [5.41, 5.74) is -1.08. The highest BCUT2D eigenvalue weighted by atomic mass is 35.5. The first kappa shape index (κ1) is 15.5. The van der Waals surface area contributed by atoms with Crippen molar-refractivity contribution in [3.8, 4) is 0 Å². The minimum Gasteiger partial charge on any atom is -0.382 e. The molecule has 0 aromatic rings. The van der Waals surface area contributed by atoms with E-state index < -0.39 is 16.3 Å². The highest BCUT2D eigenvalue weighted by molar-refractivity contribution is 6.53. The summed E-state index contributed by atoms with van der Waals surface area (Å²) in [5.74, 6) is -0.433. The summed E-state index contributed by atoms with van der Waals surface area (Å²) in [5, 5.41) is 10.7. The Hall–Kier alpha value is -0.510. The molecule has 0 aromatic carbocycles. The molecule has 1 aliphatic rings. The summed E-state index contributed by atoms with van der Waals surface area (Å²) in [6.07, 6.45) is 1.69. The first-order valence-electron chi connectivity index (χ1n) is 6.00. The van der Waals surface area contributed by atoms with E-state index in [0.717, 1.165) is 0 Å². The van der Waals surface area contributed by atoms with E-state index in [1.807, 2.05) is 18.7 Å². The third kappa shape index (κ3) is 1.98. The van der Waals surface area contributed by atoms with Gasteiger partial charge >= 0.3 is 0 Å². The molecule has 0 saturated heterocycles. The average molecular weight is 292 g/mol. The van der Waals surface area contributed by atoms with Crippen molar-refractivity contribution in [2.45, 2.75) is 37.7 Å². The van der Waals surface area contributed by atoms with Gasteiger partial charge in [0, 0.05) is 13.1 Å². The van der Waals surface area contributed by atoms with Gasteiger partial charge in [0.15, 0.2) is 0 Å². The fraction of sp³-hybridized carbons (Fsp3) is 0.615. The third-order valence-corrected chi connectivity index (χ3v) is 4.55. The number of alkyl halides is 1. The number of aliphatic hydroxyl groups is 1. The second-order valence-corrected chi connectivity index (χ2v) is 5.55. The molecule has 0 unspecified atom stereocenters. The lowest BCUT2D eigenvalue weighted by Gasteiger charge is -2.38. The first-order valence-corrected chi connectivity index (χ1v) is 6.75. The molecule has 0 saturated carbocycles. The lowest BCUT2D eigenvalue weighted by molar-refractivity contribution is -0.120. The molecule has 18 heavy (non-hydrogen) atoms. The lowest BCUT2D eigenvalue weighted by atomic mass is 9.86. The standard InChI is InChI=1S/C13H19Cl2NO2/c1-5-8-13(15)11(17)9(14)10(12(13,4)18)16(6-2)7-3/h5,18H,1,6-8H2,2-4H3/t12-,13-/m0/s1. The summed E-state index contributed by atoms with van der Waals surface area (Å²) in [7, 11) is 0. The lowest BCUT2D eigenvalue weighted by Crippen LogP contribution is -2.52. The van der Waals surface area contributed by atoms with Crippen LogP contribution in [-0.2, 0) is 4.79 Å². The van der Waals surface area contributed by atoms with Gasteiger partial charge in [-0.3, -0.25) is 4.79 Å². The van der Waals surface area contributed by atoms with Crippen LogP contribution < -0.4 is 0 Å². The zero-order valence-corrected chi connectivity index (χ0v) is 12.5. The molecule has 0 aromatic heterocycles. The third-order valence-electron chi connectivity index (χ3n) is 3.51. The number of allylic oxidation sites excluding steroid dienone is 2. The summed E-state index contributed by atoms with van der Waals surface area (Å²) in [4.78, 5) is 12.6. The number of nitrogens with zero attached hydrogens (tertiary/aromatic N) is 1. The number of ketones is 1. The molecule has 1 aliphatic carbocycles. The molecule has 3 nitrogen and oxygen atoms in total. The Morgan fingerprint density at radius 1 is 1.44 bits per heavy atom. The van der Waals surface area contributed by atoms with Crippen molar-refractivity contribution in [3.05, 3.63) is 23.4 Å². The van der Waals surface area contributed by atoms with Crippen LogP contribution in [0.4, 0.5) is 0 Å². The number of likely N-dealkylation sites (N-methyl/N-ethyl adjacent to an activating group) is 1. The zero-order chi connectivity index (χ0) is 14.1. The van der Waals surface area contributed by atoms with Gasteiger partial charge in [0.25, 0.3) is 0 Å². The van der Waals surface area contributed by atoms with Crippen molar-refractivity contribution in [3.63, 3.8) is 0 Å². The van der Waals surface area contributed by atoms with Gasteiger partial charge in [-0.2, -0.15) is 0 Å². The summed E-state index contributed by atoms with van der Waals surface area (Å²) >= 11 is 12.4. The minimum absolute atomic E-state index is 0.0283. The van der Waals surface area contributed by atoms with E-state index >= 15 is 0 Å². The quantitative estimate of drug-likeness (QED) is 0.625. The molecule has 1 rings (SSSR count). The molecule has 2 atom stereocenters. The highest BCUT2D eigenvalue weighted by Gasteiger charge is 2.61. The van der Waals surface area contributed by atoms with E-state index in [2.05, 4.69) is 6.58 Å². The average Bonchev–Trinajstić information content (AvgIpc) is 2.44. The maximum atomic E-state index is 12.2. The number of carbonyl (C=O) groups excluding carboxylic acids is 1. The highest BCUT2D eigenvalue weighted by Crippen LogP contribution is 2.49. The van der Waals surface area contributed by atoms with Gasteiger partial charge in [-0.15, -0.1) is 18.2 Å². The van der Waals surface area contributed by atoms with Crippen LogP contribution in [0, 0.1) is 0 Å². The van der Waals surface area contributed by atoms with Gasteiger partial charge in [0.1, 0.15) is 15.5 Å². The zero-order valence-electron chi connectivity index (χ0n) is 11.0. The summed E-state index contributed by atoms with van der Waals surface area (Å²) in [6, 6.07) is 0. The summed E-state index contributed by atoms with van der Waals surface area (Å²) < 4.78 is 0. The molecule has 102 valence electrons. The monoisotopic (exact) mass is 291 g/mol. The number of halogens is 2. The van der Waals surface area contributed by atoms with Crippen molar-refractivity contribution in [2.75, 3.05) is 13.1 Å². The van der Waals surface area contributed by atoms with Crippen LogP contribution in [0.2, 0.25) is 0 Å². The van der Waals surface area contributed by atoms with E-state index in [1.54, 1.807) is 0 Å². The van der Waals surface area contributed by atoms with Crippen LogP contribution in [0.15, 0.2) is 23.4 Å². The topological polar surface area (TPSA) is 40.5 Å². The van der Waals surface area contributed by atoms with Gasteiger partial charge in [0.05, 0.1) is 5.70 Å². The molecule has 1 N–H and O–H groups in total. The van der Waals surface area contributed by atoms with Crippen molar-refractivity contribution in [1.29, 1.82) is 0 Å². The molecule has 0 aliphatic heterocycles. The van der Waals surface area contributed by atoms with Gasteiger partial charge in [-0.25, -0.2) is 0 Å². The second-order valence-electron chi connectivity index (χ2n) is 4.53. The normalized spacial score (nSPS) is 32.0. The van der Waals surface area contributed by atoms with Gasteiger partial charge < -0.3 is 10.0 Å². The van der Waals surface area contributed by atoms with E-state index in [1.165, 1.54) is 13.0 Å².